The van der Waals surface area contributed by atoms with Crippen LogP contribution in [0.5, 0.6) is 0 Å². The van der Waals surface area contributed by atoms with E-state index < -0.39 is 0 Å². The molecule has 0 heterocycles. The molecule has 2 aromatic carbocycles. The first kappa shape index (κ1) is 12.6. The number of halogens is 2. The Labute approximate surface area is 115 Å². The SMILES string of the molecule is Nc1cccc(Cl)c1CSc1cccc(Cl)c1. The molecule has 0 aliphatic rings. The van der Waals surface area contributed by atoms with E-state index in [1.165, 1.54) is 0 Å². The highest BCUT2D eigenvalue weighted by atomic mass is 35.5. The van der Waals surface area contributed by atoms with Crippen molar-refractivity contribution in [3.63, 3.8) is 0 Å². The molecule has 1 nitrogen and oxygen atoms in total. The van der Waals surface area contributed by atoms with E-state index >= 15 is 0 Å². The average Bonchev–Trinajstić information content (AvgIpc) is 2.28. The van der Waals surface area contributed by atoms with Gasteiger partial charge in [0, 0.05) is 31.9 Å². The van der Waals surface area contributed by atoms with Crippen molar-refractivity contribution in [1.29, 1.82) is 0 Å². The molecule has 0 fully saturated rings. The molecular formula is C13H11Cl2NS. The molecule has 2 aromatic rings. The topological polar surface area (TPSA) is 26.0 Å². The first-order chi connectivity index (χ1) is 8.16. The minimum atomic E-state index is 0.708. The van der Waals surface area contributed by atoms with Crippen LogP contribution < -0.4 is 5.73 Å². The van der Waals surface area contributed by atoms with Crippen molar-refractivity contribution in [2.75, 3.05) is 5.73 Å². The zero-order chi connectivity index (χ0) is 12.3. The van der Waals surface area contributed by atoms with Crippen LogP contribution in [0.3, 0.4) is 0 Å². The Morgan fingerprint density at radius 3 is 2.53 bits per heavy atom. The normalized spacial score (nSPS) is 10.5. The quantitative estimate of drug-likeness (QED) is 0.643. The molecule has 0 aromatic heterocycles. The van der Waals surface area contributed by atoms with Gasteiger partial charge in [0.25, 0.3) is 0 Å². The van der Waals surface area contributed by atoms with Crippen LogP contribution in [0.4, 0.5) is 5.69 Å². The number of anilines is 1. The van der Waals surface area contributed by atoms with Gasteiger partial charge in [-0.2, -0.15) is 0 Å². The maximum Gasteiger partial charge on any atom is 0.0467 e. The Hall–Kier alpha value is -0.830. The van der Waals surface area contributed by atoms with Gasteiger partial charge < -0.3 is 5.73 Å². The number of thioether (sulfide) groups is 1. The standard InChI is InChI=1S/C13H11Cl2NS/c14-9-3-1-4-10(7-9)17-8-11-12(15)5-2-6-13(11)16/h1-7H,8,16H2. The van der Waals surface area contributed by atoms with E-state index in [1.54, 1.807) is 11.8 Å². The highest BCUT2D eigenvalue weighted by Crippen LogP contribution is 2.31. The van der Waals surface area contributed by atoms with E-state index in [-0.39, 0.29) is 0 Å². The summed E-state index contributed by atoms with van der Waals surface area (Å²) in [5, 5.41) is 1.45. The number of hydrogen-bond acceptors (Lipinski definition) is 2. The number of nitrogen functional groups attached to an aromatic ring is 1. The first-order valence-corrected chi connectivity index (χ1v) is 6.82. The zero-order valence-electron chi connectivity index (χ0n) is 8.99. The molecule has 0 radical (unpaired) electrons. The summed E-state index contributed by atoms with van der Waals surface area (Å²) in [7, 11) is 0. The third-order valence-electron chi connectivity index (χ3n) is 2.33. The predicted octanol–water partition coefficient (Wildman–Crippen LogP) is 4.87. The van der Waals surface area contributed by atoms with Crippen LogP contribution in [0, 0.1) is 0 Å². The molecule has 17 heavy (non-hydrogen) atoms. The fourth-order valence-corrected chi connectivity index (χ4v) is 3.04. The van der Waals surface area contributed by atoms with Crippen LogP contribution in [0.2, 0.25) is 10.0 Å². The molecule has 4 heteroatoms. The summed E-state index contributed by atoms with van der Waals surface area (Å²) in [5.41, 5.74) is 7.59. The number of nitrogens with two attached hydrogens (primary N) is 1. The van der Waals surface area contributed by atoms with E-state index in [0.717, 1.165) is 26.9 Å². The molecule has 0 saturated heterocycles. The molecule has 0 aliphatic carbocycles. The van der Waals surface area contributed by atoms with E-state index in [9.17, 15) is 0 Å². The fourth-order valence-electron chi connectivity index (χ4n) is 1.44. The van der Waals surface area contributed by atoms with Gasteiger partial charge >= 0.3 is 0 Å². The smallest absolute Gasteiger partial charge is 0.0467 e. The molecule has 2 rings (SSSR count). The monoisotopic (exact) mass is 283 g/mol. The Morgan fingerprint density at radius 1 is 1.06 bits per heavy atom. The Balaban J connectivity index is 2.13. The van der Waals surface area contributed by atoms with Gasteiger partial charge in [-0.3, -0.25) is 0 Å². The van der Waals surface area contributed by atoms with Crippen LogP contribution >= 0.6 is 35.0 Å². The lowest BCUT2D eigenvalue weighted by Crippen LogP contribution is -1.93. The lowest BCUT2D eigenvalue weighted by molar-refractivity contribution is 1.38. The Kier molecular flexibility index (Phi) is 4.21. The molecule has 0 atom stereocenters. The third-order valence-corrected chi connectivity index (χ3v) is 3.94. The van der Waals surface area contributed by atoms with Crippen molar-refractivity contribution in [1.82, 2.24) is 0 Å². The van der Waals surface area contributed by atoms with E-state index in [0.29, 0.717) is 5.02 Å². The van der Waals surface area contributed by atoms with Crippen molar-refractivity contribution in [3.8, 4) is 0 Å². The van der Waals surface area contributed by atoms with Gasteiger partial charge in [-0.15, -0.1) is 11.8 Å². The second kappa shape index (κ2) is 5.67. The molecule has 0 spiro atoms. The minimum absolute atomic E-state index is 0.708. The van der Waals surface area contributed by atoms with Crippen molar-refractivity contribution < 1.29 is 0 Å². The van der Waals surface area contributed by atoms with Gasteiger partial charge in [-0.1, -0.05) is 35.3 Å². The van der Waals surface area contributed by atoms with E-state index in [4.69, 9.17) is 28.9 Å². The van der Waals surface area contributed by atoms with E-state index in [1.807, 2.05) is 42.5 Å². The summed E-state index contributed by atoms with van der Waals surface area (Å²) in [5.74, 6) is 0.742. The van der Waals surface area contributed by atoms with Gasteiger partial charge in [0.1, 0.15) is 0 Å². The number of benzene rings is 2. The molecule has 2 N–H and O–H groups in total. The molecule has 0 saturated carbocycles. The summed E-state index contributed by atoms with van der Waals surface area (Å²) in [6.07, 6.45) is 0. The summed E-state index contributed by atoms with van der Waals surface area (Å²) >= 11 is 13.7. The summed E-state index contributed by atoms with van der Waals surface area (Å²) in [6.45, 7) is 0. The van der Waals surface area contributed by atoms with Gasteiger partial charge in [-0.05, 0) is 30.3 Å². The Morgan fingerprint density at radius 2 is 1.82 bits per heavy atom. The lowest BCUT2D eigenvalue weighted by Gasteiger charge is -2.07. The van der Waals surface area contributed by atoms with Gasteiger partial charge in [0.15, 0.2) is 0 Å². The minimum Gasteiger partial charge on any atom is -0.398 e. The number of rotatable bonds is 3. The number of hydrogen-bond donors (Lipinski definition) is 1. The third kappa shape index (κ3) is 3.32. The Bertz CT molecular complexity index is 508. The molecular weight excluding hydrogens is 273 g/mol. The summed E-state index contributed by atoms with van der Waals surface area (Å²) in [6, 6.07) is 13.3. The molecule has 0 unspecified atom stereocenters. The predicted molar refractivity (Wildman–Crippen MR) is 76.9 cm³/mol. The van der Waals surface area contributed by atoms with Crippen LogP contribution in [-0.4, -0.2) is 0 Å². The van der Waals surface area contributed by atoms with Crippen molar-refractivity contribution in [2.24, 2.45) is 0 Å². The van der Waals surface area contributed by atoms with Crippen molar-refractivity contribution in [3.05, 3.63) is 58.1 Å². The summed E-state index contributed by atoms with van der Waals surface area (Å²) < 4.78 is 0. The zero-order valence-corrected chi connectivity index (χ0v) is 11.3. The maximum atomic E-state index is 6.11. The second-order valence-electron chi connectivity index (χ2n) is 3.55. The summed E-state index contributed by atoms with van der Waals surface area (Å²) in [4.78, 5) is 1.11. The highest BCUT2D eigenvalue weighted by molar-refractivity contribution is 7.98. The fraction of sp³-hybridized carbons (Fsp3) is 0.0769. The van der Waals surface area contributed by atoms with Crippen LogP contribution in [0.1, 0.15) is 5.56 Å². The van der Waals surface area contributed by atoms with Gasteiger partial charge in [0.05, 0.1) is 0 Å². The first-order valence-electron chi connectivity index (χ1n) is 5.08. The van der Waals surface area contributed by atoms with Crippen molar-refractivity contribution in [2.45, 2.75) is 10.6 Å². The molecule has 0 aliphatic heterocycles. The highest BCUT2D eigenvalue weighted by Gasteiger charge is 2.05. The largest absolute Gasteiger partial charge is 0.398 e. The van der Waals surface area contributed by atoms with E-state index in [2.05, 4.69) is 0 Å². The lowest BCUT2D eigenvalue weighted by atomic mass is 10.2. The van der Waals surface area contributed by atoms with Gasteiger partial charge in [-0.25, -0.2) is 0 Å². The second-order valence-corrected chi connectivity index (χ2v) is 5.45. The molecule has 0 bridgehead atoms. The average molecular weight is 284 g/mol. The van der Waals surface area contributed by atoms with Crippen LogP contribution in [-0.2, 0) is 5.75 Å². The van der Waals surface area contributed by atoms with Crippen molar-refractivity contribution >= 4 is 40.7 Å². The van der Waals surface area contributed by atoms with Gasteiger partial charge in [0.2, 0.25) is 0 Å². The molecule has 0 amide bonds. The van der Waals surface area contributed by atoms with Crippen LogP contribution in [0.25, 0.3) is 0 Å². The maximum absolute atomic E-state index is 6.11. The van der Waals surface area contributed by atoms with Crippen LogP contribution in [0.15, 0.2) is 47.4 Å². The molecule has 88 valence electrons.